The molecule has 1 heterocycles. The van der Waals surface area contributed by atoms with Crippen LogP contribution in [-0.2, 0) is 11.3 Å². The van der Waals surface area contributed by atoms with Crippen LogP contribution in [0.2, 0.25) is 0 Å². The van der Waals surface area contributed by atoms with Crippen molar-refractivity contribution in [1.82, 2.24) is 15.3 Å². The van der Waals surface area contributed by atoms with Crippen LogP contribution in [0.3, 0.4) is 0 Å². The van der Waals surface area contributed by atoms with E-state index in [0.29, 0.717) is 13.0 Å². The van der Waals surface area contributed by atoms with Gasteiger partial charge in [-0.3, -0.25) is 4.79 Å². The standard InChI is InChI=1S/C8H14N4O/c1-6(4-7(9)13)12-5-8-10-2-3-11-8/h2-3,6,12H,4-5H2,1H3,(H2,9,13)(H,10,11). The molecule has 0 aliphatic heterocycles. The van der Waals surface area contributed by atoms with Gasteiger partial charge in [-0.15, -0.1) is 0 Å². The number of carbonyl (C=O) groups excluding carboxylic acids is 1. The molecule has 1 aromatic rings. The van der Waals surface area contributed by atoms with E-state index in [1.807, 2.05) is 6.92 Å². The minimum atomic E-state index is -0.292. The number of amides is 1. The molecule has 0 bridgehead atoms. The Morgan fingerprint density at radius 3 is 3.15 bits per heavy atom. The molecule has 5 heteroatoms. The van der Waals surface area contributed by atoms with E-state index in [2.05, 4.69) is 15.3 Å². The molecule has 0 saturated heterocycles. The summed E-state index contributed by atoms with van der Waals surface area (Å²) in [6, 6.07) is 0.0857. The Labute approximate surface area is 76.7 Å². The topological polar surface area (TPSA) is 83.8 Å². The van der Waals surface area contributed by atoms with Gasteiger partial charge in [0.1, 0.15) is 5.82 Å². The van der Waals surface area contributed by atoms with Crippen LogP contribution in [0.25, 0.3) is 0 Å². The van der Waals surface area contributed by atoms with Crippen LogP contribution in [0.5, 0.6) is 0 Å². The van der Waals surface area contributed by atoms with Gasteiger partial charge in [-0.05, 0) is 6.92 Å². The van der Waals surface area contributed by atoms with Gasteiger partial charge in [0.25, 0.3) is 0 Å². The molecule has 0 fully saturated rings. The fraction of sp³-hybridized carbons (Fsp3) is 0.500. The number of aromatic amines is 1. The summed E-state index contributed by atoms with van der Waals surface area (Å²) >= 11 is 0. The highest BCUT2D eigenvalue weighted by molar-refractivity contribution is 5.74. The number of nitrogens with two attached hydrogens (primary N) is 1. The Bertz CT molecular complexity index is 257. The molecule has 0 aliphatic rings. The Morgan fingerprint density at radius 2 is 2.62 bits per heavy atom. The van der Waals surface area contributed by atoms with Crippen LogP contribution < -0.4 is 11.1 Å². The highest BCUT2D eigenvalue weighted by Crippen LogP contribution is 1.92. The van der Waals surface area contributed by atoms with Crippen LogP contribution >= 0.6 is 0 Å². The number of H-pyrrole nitrogens is 1. The maximum absolute atomic E-state index is 10.5. The maximum atomic E-state index is 10.5. The van der Waals surface area contributed by atoms with Crippen molar-refractivity contribution in [3.8, 4) is 0 Å². The number of hydrogen-bond donors (Lipinski definition) is 3. The van der Waals surface area contributed by atoms with E-state index in [-0.39, 0.29) is 11.9 Å². The molecular formula is C8H14N4O. The molecule has 0 aromatic carbocycles. The predicted molar refractivity (Wildman–Crippen MR) is 48.7 cm³/mol. The minimum absolute atomic E-state index is 0.0857. The molecule has 1 amide bonds. The summed E-state index contributed by atoms with van der Waals surface area (Å²) in [5, 5.41) is 3.12. The molecule has 5 nitrogen and oxygen atoms in total. The second-order valence-electron chi connectivity index (χ2n) is 2.99. The van der Waals surface area contributed by atoms with Crippen molar-refractivity contribution in [3.05, 3.63) is 18.2 Å². The summed E-state index contributed by atoms with van der Waals surface area (Å²) < 4.78 is 0. The molecule has 72 valence electrons. The van der Waals surface area contributed by atoms with E-state index < -0.39 is 0 Å². The summed E-state index contributed by atoms with van der Waals surface area (Å²) in [5.74, 6) is 0.566. The van der Waals surface area contributed by atoms with E-state index in [4.69, 9.17) is 5.73 Å². The fourth-order valence-electron chi connectivity index (χ4n) is 1.04. The molecule has 0 aliphatic carbocycles. The molecule has 1 atom stereocenters. The first kappa shape index (κ1) is 9.73. The highest BCUT2D eigenvalue weighted by Gasteiger charge is 2.05. The Morgan fingerprint density at radius 1 is 1.85 bits per heavy atom. The zero-order chi connectivity index (χ0) is 9.68. The van der Waals surface area contributed by atoms with Gasteiger partial charge in [-0.2, -0.15) is 0 Å². The largest absolute Gasteiger partial charge is 0.370 e. The summed E-state index contributed by atoms with van der Waals surface area (Å²) in [6.07, 6.45) is 3.80. The van der Waals surface area contributed by atoms with Crippen molar-refractivity contribution in [3.63, 3.8) is 0 Å². The second kappa shape index (κ2) is 4.61. The third-order valence-corrected chi connectivity index (χ3v) is 1.68. The van der Waals surface area contributed by atoms with Crippen molar-refractivity contribution in [2.45, 2.75) is 25.9 Å². The quantitative estimate of drug-likeness (QED) is 0.587. The molecule has 13 heavy (non-hydrogen) atoms. The molecule has 1 rings (SSSR count). The van der Waals surface area contributed by atoms with Gasteiger partial charge < -0.3 is 16.0 Å². The van der Waals surface area contributed by atoms with E-state index >= 15 is 0 Å². The highest BCUT2D eigenvalue weighted by atomic mass is 16.1. The van der Waals surface area contributed by atoms with Crippen molar-refractivity contribution in [2.75, 3.05) is 0 Å². The smallest absolute Gasteiger partial charge is 0.218 e. The normalized spacial score (nSPS) is 12.7. The van der Waals surface area contributed by atoms with Gasteiger partial charge in [0.05, 0.1) is 6.54 Å². The van der Waals surface area contributed by atoms with Crippen molar-refractivity contribution >= 4 is 5.91 Å². The molecule has 4 N–H and O–H groups in total. The lowest BCUT2D eigenvalue weighted by Gasteiger charge is -2.09. The van der Waals surface area contributed by atoms with E-state index in [0.717, 1.165) is 5.82 Å². The Hall–Kier alpha value is -1.36. The maximum Gasteiger partial charge on any atom is 0.218 e. The molecule has 1 unspecified atom stereocenters. The van der Waals surface area contributed by atoms with Crippen LogP contribution in [0, 0.1) is 0 Å². The van der Waals surface area contributed by atoms with Gasteiger partial charge in [0.2, 0.25) is 5.91 Å². The monoisotopic (exact) mass is 182 g/mol. The zero-order valence-corrected chi connectivity index (χ0v) is 7.58. The average Bonchev–Trinajstić information content (AvgIpc) is 2.51. The zero-order valence-electron chi connectivity index (χ0n) is 7.58. The first-order valence-electron chi connectivity index (χ1n) is 4.18. The first-order valence-corrected chi connectivity index (χ1v) is 4.18. The number of nitrogens with zero attached hydrogens (tertiary/aromatic N) is 1. The van der Waals surface area contributed by atoms with Crippen LogP contribution in [-0.4, -0.2) is 21.9 Å². The number of nitrogens with one attached hydrogen (secondary N) is 2. The number of hydrogen-bond acceptors (Lipinski definition) is 3. The number of imidazole rings is 1. The van der Waals surface area contributed by atoms with Gasteiger partial charge >= 0.3 is 0 Å². The fourth-order valence-corrected chi connectivity index (χ4v) is 1.04. The van der Waals surface area contributed by atoms with Gasteiger partial charge in [0.15, 0.2) is 0 Å². The van der Waals surface area contributed by atoms with Crippen LogP contribution in [0.15, 0.2) is 12.4 Å². The number of primary amides is 1. The van der Waals surface area contributed by atoms with Crippen molar-refractivity contribution in [2.24, 2.45) is 5.73 Å². The summed E-state index contributed by atoms with van der Waals surface area (Å²) in [6.45, 7) is 2.54. The van der Waals surface area contributed by atoms with E-state index in [1.54, 1.807) is 12.4 Å². The second-order valence-corrected chi connectivity index (χ2v) is 2.99. The van der Waals surface area contributed by atoms with Crippen LogP contribution in [0.1, 0.15) is 19.2 Å². The molecule has 0 spiro atoms. The van der Waals surface area contributed by atoms with Gasteiger partial charge in [-0.25, -0.2) is 4.98 Å². The first-order chi connectivity index (χ1) is 6.18. The van der Waals surface area contributed by atoms with Crippen molar-refractivity contribution in [1.29, 1.82) is 0 Å². The summed E-state index contributed by atoms with van der Waals surface area (Å²) in [5.41, 5.74) is 5.04. The SMILES string of the molecule is CC(CC(N)=O)NCc1ncc[nH]1. The summed E-state index contributed by atoms with van der Waals surface area (Å²) in [4.78, 5) is 17.5. The molecule has 0 saturated carbocycles. The third kappa shape index (κ3) is 3.71. The molecule has 0 radical (unpaired) electrons. The third-order valence-electron chi connectivity index (χ3n) is 1.68. The van der Waals surface area contributed by atoms with Gasteiger partial charge in [0, 0.05) is 24.9 Å². The minimum Gasteiger partial charge on any atom is -0.370 e. The lowest BCUT2D eigenvalue weighted by Crippen LogP contribution is -2.30. The number of carbonyl (C=O) groups is 1. The van der Waals surface area contributed by atoms with Crippen LogP contribution in [0.4, 0.5) is 0 Å². The predicted octanol–water partition coefficient (Wildman–Crippen LogP) is -0.237. The Balaban J connectivity index is 2.22. The van der Waals surface area contributed by atoms with Crippen molar-refractivity contribution < 1.29 is 4.79 Å². The van der Waals surface area contributed by atoms with E-state index in [9.17, 15) is 4.79 Å². The summed E-state index contributed by atoms with van der Waals surface area (Å²) in [7, 11) is 0. The lowest BCUT2D eigenvalue weighted by molar-refractivity contribution is -0.118. The average molecular weight is 182 g/mol. The number of rotatable bonds is 5. The Kier molecular flexibility index (Phi) is 3.45. The lowest BCUT2D eigenvalue weighted by atomic mass is 10.2. The molecular weight excluding hydrogens is 168 g/mol. The van der Waals surface area contributed by atoms with E-state index in [1.165, 1.54) is 0 Å². The number of aromatic nitrogens is 2. The molecule has 1 aromatic heterocycles. The van der Waals surface area contributed by atoms with Gasteiger partial charge in [-0.1, -0.05) is 0 Å².